The number of nitrogens with zero attached hydrogens (tertiary/aromatic N) is 1. The SMILES string of the molecule is CC(C)(O)c1cccc(F)c1-c1ccc2c(Cl)nccc2c1. The zero-order valence-electron chi connectivity index (χ0n) is 12.3. The fourth-order valence-electron chi connectivity index (χ4n) is 2.62. The van der Waals surface area contributed by atoms with Crippen LogP contribution in [0.25, 0.3) is 21.9 Å². The van der Waals surface area contributed by atoms with Gasteiger partial charge in [0.2, 0.25) is 0 Å². The number of halogens is 2. The highest BCUT2D eigenvalue weighted by atomic mass is 35.5. The lowest BCUT2D eigenvalue weighted by Gasteiger charge is -2.22. The van der Waals surface area contributed by atoms with Gasteiger partial charge in [-0.2, -0.15) is 0 Å². The molecule has 3 rings (SSSR count). The molecule has 0 saturated carbocycles. The van der Waals surface area contributed by atoms with E-state index in [-0.39, 0.29) is 5.82 Å². The van der Waals surface area contributed by atoms with Crippen molar-refractivity contribution >= 4 is 22.4 Å². The molecule has 0 atom stereocenters. The summed E-state index contributed by atoms with van der Waals surface area (Å²) < 4.78 is 14.4. The van der Waals surface area contributed by atoms with E-state index in [0.717, 1.165) is 10.8 Å². The number of rotatable bonds is 2. The zero-order chi connectivity index (χ0) is 15.9. The van der Waals surface area contributed by atoms with Crippen LogP contribution in [-0.4, -0.2) is 10.1 Å². The third-order valence-electron chi connectivity index (χ3n) is 3.68. The van der Waals surface area contributed by atoms with Gasteiger partial charge in [0.05, 0.1) is 5.60 Å². The molecule has 0 spiro atoms. The van der Waals surface area contributed by atoms with Crippen LogP contribution in [0.15, 0.2) is 48.7 Å². The van der Waals surface area contributed by atoms with Crippen LogP contribution in [0.5, 0.6) is 0 Å². The van der Waals surface area contributed by atoms with Gasteiger partial charge in [-0.1, -0.05) is 35.9 Å². The van der Waals surface area contributed by atoms with Gasteiger partial charge in [0.15, 0.2) is 0 Å². The Morgan fingerprint density at radius 3 is 2.64 bits per heavy atom. The summed E-state index contributed by atoms with van der Waals surface area (Å²) in [6.45, 7) is 3.29. The van der Waals surface area contributed by atoms with Crippen molar-refractivity contribution in [3.05, 3.63) is 65.2 Å². The van der Waals surface area contributed by atoms with Gasteiger partial charge in [-0.3, -0.25) is 0 Å². The molecule has 0 fully saturated rings. The van der Waals surface area contributed by atoms with Crippen molar-refractivity contribution in [1.29, 1.82) is 0 Å². The summed E-state index contributed by atoms with van der Waals surface area (Å²) in [6.07, 6.45) is 1.62. The summed E-state index contributed by atoms with van der Waals surface area (Å²) in [4.78, 5) is 4.04. The Bertz CT molecular complexity index is 855. The van der Waals surface area contributed by atoms with E-state index in [1.54, 1.807) is 38.2 Å². The van der Waals surface area contributed by atoms with E-state index >= 15 is 0 Å². The lowest BCUT2D eigenvalue weighted by molar-refractivity contribution is 0.0789. The molecule has 0 aliphatic rings. The van der Waals surface area contributed by atoms with Gasteiger partial charge in [0.1, 0.15) is 11.0 Å². The smallest absolute Gasteiger partial charge is 0.136 e. The molecule has 0 radical (unpaired) electrons. The third kappa shape index (κ3) is 2.58. The molecule has 1 aromatic heterocycles. The van der Waals surface area contributed by atoms with E-state index in [1.165, 1.54) is 6.07 Å². The number of pyridine rings is 1. The maximum atomic E-state index is 14.4. The van der Waals surface area contributed by atoms with Crippen LogP contribution in [0.4, 0.5) is 4.39 Å². The molecule has 1 heterocycles. The molecule has 2 nitrogen and oxygen atoms in total. The van der Waals surface area contributed by atoms with Crippen LogP contribution >= 0.6 is 11.6 Å². The third-order valence-corrected chi connectivity index (χ3v) is 3.98. The van der Waals surface area contributed by atoms with Crippen LogP contribution in [0, 0.1) is 5.82 Å². The highest BCUT2D eigenvalue weighted by Gasteiger charge is 2.23. The molecule has 22 heavy (non-hydrogen) atoms. The van der Waals surface area contributed by atoms with E-state index in [2.05, 4.69) is 4.98 Å². The maximum Gasteiger partial charge on any atom is 0.136 e. The van der Waals surface area contributed by atoms with Crippen LogP contribution in [0.1, 0.15) is 19.4 Å². The highest BCUT2D eigenvalue weighted by molar-refractivity contribution is 6.34. The predicted octanol–water partition coefficient (Wildman–Crippen LogP) is 4.92. The standard InChI is InChI=1S/C18H15ClFNO/c1-18(2,22)14-4-3-5-15(20)16(14)12-6-7-13-11(10-12)8-9-21-17(13)19/h3-10,22H,1-2H3. The summed E-state index contributed by atoms with van der Waals surface area (Å²) in [7, 11) is 0. The Hall–Kier alpha value is -1.97. The van der Waals surface area contributed by atoms with E-state index in [9.17, 15) is 9.50 Å². The molecule has 0 unspecified atom stereocenters. The molecule has 2 aromatic carbocycles. The van der Waals surface area contributed by atoms with Gasteiger partial charge in [0.25, 0.3) is 0 Å². The average molecular weight is 316 g/mol. The Morgan fingerprint density at radius 2 is 1.91 bits per heavy atom. The quantitative estimate of drug-likeness (QED) is 0.681. The summed E-state index contributed by atoms with van der Waals surface area (Å²) in [5, 5.41) is 12.4. The van der Waals surface area contributed by atoms with Crippen LogP contribution in [-0.2, 0) is 5.60 Å². The Labute approximate surface area is 133 Å². The van der Waals surface area contributed by atoms with E-state index in [0.29, 0.717) is 21.8 Å². The van der Waals surface area contributed by atoms with Crippen molar-refractivity contribution in [1.82, 2.24) is 4.98 Å². The number of hydrogen-bond acceptors (Lipinski definition) is 2. The summed E-state index contributed by atoms with van der Waals surface area (Å²) in [5.41, 5.74) is 0.518. The molecule has 3 aromatic rings. The lowest BCUT2D eigenvalue weighted by Crippen LogP contribution is -2.17. The van der Waals surface area contributed by atoms with Crippen molar-refractivity contribution in [2.24, 2.45) is 0 Å². The van der Waals surface area contributed by atoms with E-state index in [4.69, 9.17) is 11.6 Å². The highest BCUT2D eigenvalue weighted by Crippen LogP contribution is 2.35. The fourth-order valence-corrected chi connectivity index (χ4v) is 2.85. The average Bonchev–Trinajstić information content (AvgIpc) is 2.46. The summed E-state index contributed by atoms with van der Waals surface area (Å²) >= 11 is 6.07. The molecule has 0 bridgehead atoms. The lowest BCUT2D eigenvalue weighted by atomic mass is 9.88. The molecule has 0 aliphatic carbocycles. The number of benzene rings is 2. The van der Waals surface area contributed by atoms with Crippen molar-refractivity contribution in [2.75, 3.05) is 0 Å². The number of hydrogen-bond donors (Lipinski definition) is 1. The molecule has 0 aliphatic heterocycles. The molecule has 4 heteroatoms. The van der Waals surface area contributed by atoms with Gasteiger partial charge < -0.3 is 5.11 Å². The van der Waals surface area contributed by atoms with Crippen LogP contribution < -0.4 is 0 Å². The Balaban J connectivity index is 2.28. The monoisotopic (exact) mass is 315 g/mol. The second-order valence-corrected chi connectivity index (χ2v) is 6.12. The topological polar surface area (TPSA) is 33.1 Å². The first-order valence-corrected chi connectivity index (χ1v) is 7.32. The first-order valence-electron chi connectivity index (χ1n) is 6.94. The van der Waals surface area contributed by atoms with Crippen LogP contribution in [0.2, 0.25) is 5.15 Å². The van der Waals surface area contributed by atoms with Gasteiger partial charge in [-0.05, 0) is 48.6 Å². The first kappa shape index (κ1) is 14.9. The second kappa shape index (κ2) is 5.34. The molecule has 0 amide bonds. The number of aliphatic hydroxyl groups is 1. The van der Waals surface area contributed by atoms with E-state index < -0.39 is 5.60 Å². The predicted molar refractivity (Wildman–Crippen MR) is 87.4 cm³/mol. The normalized spacial score (nSPS) is 11.9. The molecule has 112 valence electrons. The number of aromatic nitrogens is 1. The summed E-state index contributed by atoms with van der Waals surface area (Å²) in [5.74, 6) is -0.362. The van der Waals surface area contributed by atoms with Gasteiger partial charge in [-0.25, -0.2) is 9.37 Å². The van der Waals surface area contributed by atoms with Crippen molar-refractivity contribution in [2.45, 2.75) is 19.4 Å². The van der Waals surface area contributed by atoms with Crippen molar-refractivity contribution in [3.8, 4) is 11.1 Å². The molecule has 0 saturated heterocycles. The van der Waals surface area contributed by atoms with Gasteiger partial charge in [-0.15, -0.1) is 0 Å². The van der Waals surface area contributed by atoms with Gasteiger partial charge in [0, 0.05) is 17.1 Å². The van der Waals surface area contributed by atoms with Gasteiger partial charge >= 0.3 is 0 Å². The minimum absolute atomic E-state index is 0.362. The first-order chi connectivity index (χ1) is 10.4. The molecule has 1 N–H and O–H groups in total. The van der Waals surface area contributed by atoms with Crippen molar-refractivity contribution < 1.29 is 9.50 Å². The van der Waals surface area contributed by atoms with Crippen molar-refractivity contribution in [3.63, 3.8) is 0 Å². The maximum absolute atomic E-state index is 14.4. The molecular weight excluding hydrogens is 301 g/mol. The fraction of sp³-hybridized carbons (Fsp3) is 0.167. The summed E-state index contributed by atoms with van der Waals surface area (Å²) in [6, 6.07) is 12.0. The Kier molecular flexibility index (Phi) is 3.63. The second-order valence-electron chi connectivity index (χ2n) is 5.76. The van der Waals surface area contributed by atoms with Crippen LogP contribution in [0.3, 0.4) is 0 Å². The molecular formula is C18H15ClFNO. The minimum Gasteiger partial charge on any atom is -0.386 e. The Morgan fingerprint density at radius 1 is 1.14 bits per heavy atom. The number of fused-ring (bicyclic) bond motifs is 1. The van der Waals surface area contributed by atoms with E-state index in [1.807, 2.05) is 18.2 Å². The largest absolute Gasteiger partial charge is 0.386 e. The zero-order valence-corrected chi connectivity index (χ0v) is 13.0. The minimum atomic E-state index is -1.14.